The second-order valence-electron chi connectivity index (χ2n) is 4.26. The normalized spacial score (nSPS) is 19.4. The quantitative estimate of drug-likeness (QED) is 0.757. The van der Waals surface area contributed by atoms with Crippen LogP contribution >= 0.6 is 11.6 Å². The van der Waals surface area contributed by atoms with Gasteiger partial charge in [-0.3, -0.25) is 0 Å². The summed E-state index contributed by atoms with van der Waals surface area (Å²) < 4.78 is 10.7. The molecule has 0 aliphatic carbocycles. The molecule has 1 saturated heterocycles. The largest absolute Gasteiger partial charge is 0.497 e. The van der Waals surface area contributed by atoms with E-state index in [0.29, 0.717) is 5.88 Å². The summed E-state index contributed by atoms with van der Waals surface area (Å²) in [4.78, 5) is 0. The molecule has 1 aromatic rings. The van der Waals surface area contributed by atoms with Gasteiger partial charge in [-0.2, -0.15) is 0 Å². The SMILES string of the molecule is COc1cccc(C2(CCl)CCOCC2)c1. The number of hydrogen-bond acceptors (Lipinski definition) is 2. The molecular weight excluding hydrogens is 224 g/mol. The Labute approximate surface area is 102 Å². The Morgan fingerprint density at radius 1 is 1.38 bits per heavy atom. The van der Waals surface area contributed by atoms with Gasteiger partial charge in [0.2, 0.25) is 0 Å². The molecule has 0 radical (unpaired) electrons. The van der Waals surface area contributed by atoms with E-state index in [1.165, 1.54) is 5.56 Å². The summed E-state index contributed by atoms with van der Waals surface area (Å²) in [5.41, 5.74) is 1.33. The van der Waals surface area contributed by atoms with Crippen LogP contribution in [0.1, 0.15) is 18.4 Å². The summed E-state index contributed by atoms with van der Waals surface area (Å²) in [5, 5.41) is 0. The number of hydrogen-bond donors (Lipinski definition) is 0. The monoisotopic (exact) mass is 240 g/mol. The van der Waals surface area contributed by atoms with E-state index in [4.69, 9.17) is 21.1 Å². The standard InChI is InChI=1S/C13H17ClO2/c1-15-12-4-2-3-11(9-12)13(10-14)5-7-16-8-6-13/h2-4,9H,5-8,10H2,1H3. The molecule has 1 aliphatic heterocycles. The van der Waals surface area contributed by atoms with Crippen molar-refractivity contribution in [3.8, 4) is 5.75 Å². The van der Waals surface area contributed by atoms with Gasteiger partial charge in [-0.1, -0.05) is 12.1 Å². The highest BCUT2D eigenvalue weighted by Crippen LogP contribution is 2.37. The number of alkyl halides is 1. The number of ether oxygens (including phenoxy) is 2. The predicted octanol–water partition coefficient (Wildman–Crippen LogP) is 2.98. The first-order chi connectivity index (χ1) is 7.80. The Morgan fingerprint density at radius 3 is 2.75 bits per heavy atom. The van der Waals surface area contributed by atoms with Gasteiger partial charge in [-0.05, 0) is 30.5 Å². The molecule has 0 unspecified atom stereocenters. The minimum absolute atomic E-state index is 0.0638. The van der Waals surface area contributed by atoms with Crippen molar-refractivity contribution in [2.24, 2.45) is 0 Å². The zero-order valence-electron chi connectivity index (χ0n) is 9.54. The highest BCUT2D eigenvalue weighted by Gasteiger charge is 2.33. The molecule has 2 nitrogen and oxygen atoms in total. The molecule has 1 heterocycles. The van der Waals surface area contributed by atoms with E-state index in [-0.39, 0.29) is 5.41 Å². The van der Waals surface area contributed by atoms with Crippen LogP contribution in [0.4, 0.5) is 0 Å². The zero-order valence-corrected chi connectivity index (χ0v) is 10.3. The van der Waals surface area contributed by atoms with E-state index in [0.717, 1.165) is 31.8 Å². The lowest BCUT2D eigenvalue weighted by Crippen LogP contribution is -2.35. The Morgan fingerprint density at radius 2 is 2.12 bits per heavy atom. The molecular formula is C13H17ClO2. The summed E-state index contributed by atoms with van der Waals surface area (Å²) in [6, 6.07) is 8.21. The molecule has 0 N–H and O–H groups in total. The summed E-state index contributed by atoms with van der Waals surface area (Å²) in [6.07, 6.45) is 1.98. The molecule has 1 fully saturated rings. The van der Waals surface area contributed by atoms with Crippen molar-refractivity contribution in [3.05, 3.63) is 29.8 Å². The highest BCUT2D eigenvalue weighted by molar-refractivity contribution is 6.18. The van der Waals surface area contributed by atoms with Crippen LogP contribution < -0.4 is 4.74 Å². The van der Waals surface area contributed by atoms with Crippen LogP contribution in [0.25, 0.3) is 0 Å². The van der Waals surface area contributed by atoms with Crippen molar-refractivity contribution < 1.29 is 9.47 Å². The molecule has 3 heteroatoms. The van der Waals surface area contributed by atoms with Gasteiger partial charge in [0.25, 0.3) is 0 Å². The Balaban J connectivity index is 2.31. The summed E-state index contributed by atoms with van der Waals surface area (Å²) >= 11 is 6.17. The molecule has 0 saturated carbocycles. The van der Waals surface area contributed by atoms with Gasteiger partial charge < -0.3 is 9.47 Å². The second-order valence-corrected chi connectivity index (χ2v) is 4.53. The van der Waals surface area contributed by atoms with Crippen LogP contribution in [0.5, 0.6) is 5.75 Å². The van der Waals surface area contributed by atoms with E-state index >= 15 is 0 Å². The molecule has 0 spiro atoms. The van der Waals surface area contributed by atoms with Crippen molar-refractivity contribution in [2.75, 3.05) is 26.2 Å². The topological polar surface area (TPSA) is 18.5 Å². The van der Waals surface area contributed by atoms with Crippen molar-refractivity contribution in [1.82, 2.24) is 0 Å². The maximum absolute atomic E-state index is 6.17. The third kappa shape index (κ3) is 2.18. The van der Waals surface area contributed by atoms with Crippen molar-refractivity contribution >= 4 is 11.6 Å². The number of benzene rings is 1. The predicted molar refractivity (Wildman–Crippen MR) is 65.4 cm³/mol. The number of methoxy groups -OCH3 is 1. The third-order valence-corrected chi connectivity index (χ3v) is 3.90. The first-order valence-electron chi connectivity index (χ1n) is 5.59. The van der Waals surface area contributed by atoms with Crippen LogP contribution in [0.2, 0.25) is 0 Å². The van der Waals surface area contributed by atoms with Crippen LogP contribution in [0, 0.1) is 0 Å². The van der Waals surface area contributed by atoms with Gasteiger partial charge in [0.05, 0.1) is 7.11 Å². The fraction of sp³-hybridized carbons (Fsp3) is 0.538. The Hall–Kier alpha value is -0.730. The fourth-order valence-corrected chi connectivity index (χ4v) is 2.64. The first kappa shape index (κ1) is 11.7. The van der Waals surface area contributed by atoms with Gasteiger partial charge in [-0.15, -0.1) is 11.6 Å². The fourth-order valence-electron chi connectivity index (χ4n) is 2.21. The lowest BCUT2D eigenvalue weighted by Gasteiger charge is -2.36. The second kappa shape index (κ2) is 5.07. The van der Waals surface area contributed by atoms with Gasteiger partial charge in [0, 0.05) is 24.5 Å². The molecule has 88 valence electrons. The van der Waals surface area contributed by atoms with Gasteiger partial charge >= 0.3 is 0 Å². The van der Waals surface area contributed by atoms with E-state index in [1.54, 1.807) is 7.11 Å². The van der Waals surface area contributed by atoms with Crippen LogP contribution in [-0.2, 0) is 10.2 Å². The minimum atomic E-state index is 0.0638. The molecule has 16 heavy (non-hydrogen) atoms. The Kier molecular flexibility index (Phi) is 3.72. The van der Waals surface area contributed by atoms with Crippen LogP contribution in [-0.4, -0.2) is 26.2 Å². The maximum atomic E-state index is 6.17. The van der Waals surface area contributed by atoms with Crippen LogP contribution in [0.3, 0.4) is 0 Å². The molecule has 0 bridgehead atoms. The lowest BCUT2D eigenvalue weighted by molar-refractivity contribution is 0.0575. The molecule has 0 aromatic heterocycles. The average Bonchev–Trinajstić information content (AvgIpc) is 2.39. The van der Waals surface area contributed by atoms with Gasteiger partial charge in [-0.25, -0.2) is 0 Å². The number of rotatable bonds is 3. The summed E-state index contributed by atoms with van der Waals surface area (Å²) in [5.74, 6) is 1.54. The third-order valence-electron chi connectivity index (χ3n) is 3.39. The van der Waals surface area contributed by atoms with Gasteiger partial charge in [0.1, 0.15) is 5.75 Å². The lowest BCUT2D eigenvalue weighted by atomic mass is 9.76. The van der Waals surface area contributed by atoms with Crippen molar-refractivity contribution in [2.45, 2.75) is 18.3 Å². The highest BCUT2D eigenvalue weighted by atomic mass is 35.5. The Bertz CT molecular complexity index is 346. The molecule has 1 aromatic carbocycles. The summed E-state index contributed by atoms with van der Waals surface area (Å²) in [6.45, 7) is 1.59. The van der Waals surface area contributed by atoms with E-state index < -0.39 is 0 Å². The molecule has 1 aliphatic rings. The minimum Gasteiger partial charge on any atom is -0.497 e. The van der Waals surface area contributed by atoms with E-state index in [9.17, 15) is 0 Å². The average molecular weight is 241 g/mol. The molecule has 0 amide bonds. The molecule has 2 rings (SSSR count). The van der Waals surface area contributed by atoms with Crippen molar-refractivity contribution in [1.29, 1.82) is 0 Å². The summed E-state index contributed by atoms with van der Waals surface area (Å²) in [7, 11) is 1.69. The number of halogens is 1. The maximum Gasteiger partial charge on any atom is 0.119 e. The first-order valence-corrected chi connectivity index (χ1v) is 6.12. The van der Waals surface area contributed by atoms with Crippen LogP contribution in [0.15, 0.2) is 24.3 Å². The van der Waals surface area contributed by atoms with E-state index in [1.807, 2.05) is 12.1 Å². The zero-order chi connectivity index (χ0) is 11.4. The van der Waals surface area contributed by atoms with E-state index in [2.05, 4.69) is 12.1 Å². The smallest absolute Gasteiger partial charge is 0.119 e. The molecule has 0 atom stereocenters. The van der Waals surface area contributed by atoms with Gasteiger partial charge in [0.15, 0.2) is 0 Å². The van der Waals surface area contributed by atoms with Crippen molar-refractivity contribution in [3.63, 3.8) is 0 Å².